The molecule has 1 fully saturated rings. The van der Waals surface area contributed by atoms with Crippen LogP contribution in [0, 0.1) is 0 Å². The van der Waals surface area contributed by atoms with Gasteiger partial charge >= 0.3 is 0 Å². The second-order valence-corrected chi connectivity index (χ2v) is 7.16. The standard InChI is InChI=1S/C23H32N4O.HI/c1-3-28-22-8-6-7-21(15-22)17-26-23(24-2)25-16-19-9-11-20(12-10-19)18-27-13-4-5-14-27;/h6-12,15H,3-5,13-14,16-18H2,1-2H3,(H2,24,25,26);1H. The minimum Gasteiger partial charge on any atom is -0.494 e. The molecule has 2 aromatic rings. The quantitative estimate of drug-likeness (QED) is 0.320. The Morgan fingerprint density at radius 3 is 2.28 bits per heavy atom. The zero-order valence-electron chi connectivity index (χ0n) is 17.5. The number of likely N-dealkylation sites (tertiary alicyclic amines) is 1. The average Bonchev–Trinajstić information content (AvgIpc) is 3.23. The summed E-state index contributed by atoms with van der Waals surface area (Å²) in [5.41, 5.74) is 3.81. The Bertz CT molecular complexity index is 758. The Kier molecular flexibility index (Phi) is 10.3. The molecule has 0 unspecified atom stereocenters. The van der Waals surface area contributed by atoms with Crippen LogP contribution in [0.25, 0.3) is 0 Å². The molecule has 1 heterocycles. The Labute approximate surface area is 192 Å². The summed E-state index contributed by atoms with van der Waals surface area (Å²) in [6.07, 6.45) is 2.67. The van der Waals surface area contributed by atoms with Gasteiger partial charge in [-0.15, -0.1) is 24.0 Å². The van der Waals surface area contributed by atoms with Crippen LogP contribution >= 0.6 is 24.0 Å². The number of halogens is 1. The zero-order chi connectivity index (χ0) is 19.6. The summed E-state index contributed by atoms with van der Waals surface area (Å²) in [5, 5.41) is 6.75. The van der Waals surface area contributed by atoms with Gasteiger partial charge in [0.05, 0.1) is 6.61 Å². The smallest absolute Gasteiger partial charge is 0.191 e. The van der Waals surface area contributed by atoms with Crippen LogP contribution in [0.2, 0.25) is 0 Å². The van der Waals surface area contributed by atoms with Crippen molar-refractivity contribution in [3.63, 3.8) is 0 Å². The molecule has 0 aliphatic carbocycles. The van der Waals surface area contributed by atoms with E-state index in [2.05, 4.69) is 56.9 Å². The average molecular weight is 508 g/mol. The summed E-state index contributed by atoms with van der Waals surface area (Å²) in [4.78, 5) is 6.85. The van der Waals surface area contributed by atoms with E-state index in [0.29, 0.717) is 13.2 Å². The Morgan fingerprint density at radius 1 is 0.966 bits per heavy atom. The Hall–Kier alpha value is -1.80. The van der Waals surface area contributed by atoms with Gasteiger partial charge < -0.3 is 15.4 Å². The fourth-order valence-electron chi connectivity index (χ4n) is 3.47. The third-order valence-electron chi connectivity index (χ3n) is 4.98. The molecule has 0 spiro atoms. The molecule has 2 aromatic carbocycles. The first kappa shape index (κ1) is 23.5. The third kappa shape index (κ3) is 7.85. The van der Waals surface area contributed by atoms with Crippen LogP contribution in [0.4, 0.5) is 0 Å². The second kappa shape index (κ2) is 12.7. The minimum atomic E-state index is 0. The highest BCUT2D eigenvalue weighted by molar-refractivity contribution is 14.0. The highest BCUT2D eigenvalue weighted by Crippen LogP contribution is 2.14. The van der Waals surface area contributed by atoms with Gasteiger partial charge in [-0.3, -0.25) is 9.89 Å². The molecule has 0 aromatic heterocycles. The first-order chi connectivity index (χ1) is 13.8. The minimum absolute atomic E-state index is 0. The monoisotopic (exact) mass is 508 g/mol. The molecule has 2 N–H and O–H groups in total. The molecule has 0 radical (unpaired) electrons. The molecular formula is C23H33IN4O. The lowest BCUT2D eigenvalue weighted by atomic mass is 10.1. The summed E-state index contributed by atoms with van der Waals surface area (Å²) in [7, 11) is 1.80. The highest BCUT2D eigenvalue weighted by Gasteiger charge is 2.11. The maximum atomic E-state index is 5.56. The van der Waals surface area contributed by atoms with Crippen LogP contribution in [-0.4, -0.2) is 37.6 Å². The summed E-state index contributed by atoms with van der Waals surface area (Å²) >= 11 is 0. The second-order valence-electron chi connectivity index (χ2n) is 7.16. The summed E-state index contributed by atoms with van der Waals surface area (Å²) in [6, 6.07) is 17.0. The lowest BCUT2D eigenvalue weighted by Crippen LogP contribution is -2.36. The number of guanidine groups is 1. The van der Waals surface area contributed by atoms with Gasteiger partial charge in [0.15, 0.2) is 5.96 Å². The Balaban J connectivity index is 0.00000300. The van der Waals surface area contributed by atoms with Crippen molar-refractivity contribution in [2.75, 3.05) is 26.7 Å². The highest BCUT2D eigenvalue weighted by atomic mass is 127. The number of nitrogens with zero attached hydrogens (tertiary/aromatic N) is 2. The van der Waals surface area contributed by atoms with Gasteiger partial charge in [-0.2, -0.15) is 0 Å². The van der Waals surface area contributed by atoms with Gasteiger partial charge in [0.2, 0.25) is 0 Å². The number of rotatable bonds is 8. The molecule has 5 nitrogen and oxygen atoms in total. The number of hydrogen-bond donors (Lipinski definition) is 2. The van der Waals surface area contributed by atoms with E-state index in [4.69, 9.17) is 4.74 Å². The van der Waals surface area contributed by atoms with Crippen LogP contribution in [-0.2, 0) is 19.6 Å². The number of ether oxygens (including phenoxy) is 1. The van der Waals surface area contributed by atoms with Gasteiger partial charge in [0, 0.05) is 26.7 Å². The lowest BCUT2D eigenvalue weighted by molar-refractivity contribution is 0.331. The number of hydrogen-bond acceptors (Lipinski definition) is 3. The first-order valence-corrected chi connectivity index (χ1v) is 10.2. The van der Waals surface area contributed by atoms with E-state index in [1.165, 1.54) is 42.6 Å². The van der Waals surface area contributed by atoms with Crippen molar-refractivity contribution in [2.24, 2.45) is 4.99 Å². The molecule has 6 heteroatoms. The molecule has 0 amide bonds. The summed E-state index contributed by atoms with van der Waals surface area (Å²) in [5.74, 6) is 1.70. The van der Waals surface area contributed by atoms with Crippen LogP contribution in [0.15, 0.2) is 53.5 Å². The number of aliphatic imine (C=N–C) groups is 1. The van der Waals surface area contributed by atoms with Gasteiger partial charge in [0.25, 0.3) is 0 Å². The summed E-state index contributed by atoms with van der Waals surface area (Å²) in [6.45, 7) is 7.67. The van der Waals surface area contributed by atoms with Crippen molar-refractivity contribution < 1.29 is 4.74 Å². The van der Waals surface area contributed by atoms with E-state index in [0.717, 1.165) is 24.8 Å². The SMILES string of the molecule is CCOc1cccc(CNC(=NC)NCc2ccc(CN3CCCC3)cc2)c1.I. The van der Waals surface area contributed by atoms with Crippen molar-refractivity contribution in [1.82, 2.24) is 15.5 Å². The van der Waals surface area contributed by atoms with Gasteiger partial charge in [-0.05, 0) is 61.7 Å². The normalized spacial score (nSPS) is 14.3. The maximum Gasteiger partial charge on any atom is 0.191 e. The first-order valence-electron chi connectivity index (χ1n) is 10.2. The molecule has 0 saturated carbocycles. The summed E-state index contributed by atoms with van der Waals surface area (Å²) < 4.78 is 5.56. The number of benzene rings is 2. The molecule has 0 atom stereocenters. The topological polar surface area (TPSA) is 48.9 Å². The van der Waals surface area contributed by atoms with Crippen LogP contribution < -0.4 is 15.4 Å². The van der Waals surface area contributed by atoms with Crippen molar-refractivity contribution >= 4 is 29.9 Å². The van der Waals surface area contributed by atoms with Gasteiger partial charge in [-0.25, -0.2) is 0 Å². The van der Waals surface area contributed by atoms with Gasteiger partial charge in [-0.1, -0.05) is 36.4 Å². The fourth-order valence-corrected chi connectivity index (χ4v) is 3.47. The zero-order valence-corrected chi connectivity index (χ0v) is 19.8. The van der Waals surface area contributed by atoms with E-state index in [1.807, 2.05) is 19.1 Å². The van der Waals surface area contributed by atoms with Crippen molar-refractivity contribution in [3.05, 3.63) is 65.2 Å². The molecular weight excluding hydrogens is 475 g/mol. The van der Waals surface area contributed by atoms with Crippen LogP contribution in [0.3, 0.4) is 0 Å². The molecule has 1 aliphatic heterocycles. The van der Waals surface area contributed by atoms with Crippen molar-refractivity contribution in [3.8, 4) is 5.75 Å². The van der Waals surface area contributed by atoms with Crippen molar-refractivity contribution in [2.45, 2.75) is 39.4 Å². The van der Waals surface area contributed by atoms with Gasteiger partial charge in [0.1, 0.15) is 5.75 Å². The van der Waals surface area contributed by atoms with E-state index < -0.39 is 0 Å². The maximum absolute atomic E-state index is 5.56. The van der Waals surface area contributed by atoms with Crippen LogP contribution in [0.5, 0.6) is 5.75 Å². The molecule has 29 heavy (non-hydrogen) atoms. The molecule has 3 rings (SSSR count). The van der Waals surface area contributed by atoms with E-state index >= 15 is 0 Å². The molecule has 0 bridgehead atoms. The predicted molar refractivity (Wildman–Crippen MR) is 131 cm³/mol. The fraction of sp³-hybridized carbons (Fsp3) is 0.435. The third-order valence-corrected chi connectivity index (χ3v) is 4.98. The molecule has 1 aliphatic rings. The van der Waals surface area contributed by atoms with E-state index in [1.54, 1.807) is 7.05 Å². The number of nitrogens with one attached hydrogen (secondary N) is 2. The Morgan fingerprint density at radius 2 is 1.62 bits per heavy atom. The largest absolute Gasteiger partial charge is 0.494 e. The molecule has 1 saturated heterocycles. The van der Waals surface area contributed by atoms with E-state index in [-0.39, 0.29) is 24.0 Å². The van der Waals surface area contributed by atoms with Crippen LogP contribution in [0.1, 0.15) is 36.5 Å². The van der Waals surface area contributed by atoms with E-state index in [9.17, 15) is 0 Å². The van der Waals surface area contributed by atoms with Crippen molar-refractivity contribution in [1.29, 1.82) is 0 Å². The molecule has 158 valence electrons. The lowest BCUT2D eigenvalue weighted by Gasteiger charge is -2.15. The predicted octanol–water partition coefficient (Wildman–Crippen LogP) is 4.16.